The molecule has 7 heteroatoms. The van der Waals surface area contributed by atoms with Crippen LogP contribution in [0.2, 0.25) is 0 Å². The zero-order valence-electron chi connectivity index (χ0n) is 11.2. The van der Waals surface area contributed by atoms with Gasteiger partial charge in [-0.2, -0.15) is 11.8 Å². The van der Waals surface area contributed by atoms with Gasteiger partial charge in [-0.1, -0.05) is 6.07 Å². The third kappa shape index (κ3) is 6.42. The Morgan fingerprint density at radius 2 is 2.30 bits per heavy atom. The van der Waals surface area contributed by atoms with Gasteiger partial charge in [-0.15, -0.1) is 0 Å². The summed E-state index contributed by atoms with van der Waals surface area (Å²) in [4.78, 5) is 26.5. The highest BCUT2D eigenvalue weighted by Gasteiger charge is 2.19. The second kappa shape index (κ2) is 9.19. The molecule has 1 amide bonds. The number of amides is 1. The van der Waals surface area contributed by atoms with Crippen LogP contribution in [0.1, 0.15) is 12.1 Å². The smallest absolute Gasteiger partial charge is 0.407 e. The van der Waals surface area contributed by atoms with E-state index < -0.39 is 18.1 Å². The molecule has 20 heavy (non-hydrogen) atoms. The van der Waals surface area contributed by atoms with E-state index in [9.17, 15) is 9.59 Å². The average molecular weight is 298 g/mol. The summed E-state index contributed by atoms with van der Waals surface area (Å²) in [5, 5.41) is 11.3. The maximum atomic E-state index is 11.5. The molecule has 1 aromatic rings. The number of nitrogens with one attached hydrogen (secondary N) is 1. The van der Waals surface area contributed by atoms with Gasteiger partial charge in [0.25, 0.3) is 0 Å². The number of thioether (sulfide) groups is 1. The Morgan fingerprint density at radius 1 is 1.50 bits per heavy atom. The van der Waals surface area contributed by atoms with Crippen LogP contribution in [0.3, 0.4) is 0 Å². The quantitative estimate of drug-likeness (QED) is 0.757. The molecule has 0 bridgehead atoms. The zero-order valence-corrected chi connectivity index (χ0v) is 12.1. The van der Waals surface area contributed by atoms with Crippen LogP contribution in [0.15, 0.2) is 24.4 Å². The molecule has 2 N–H and O–H groups in total. The Bertz CT molecular complexity index is 428. The number of ether oxygens (including phenoxy) is 1. The number of hydrogen-bond acceptors (Lipinski definition) is 5. The van der Waals surface area contributed by atoms with Crippen LogP contribution in [0.25, 0.3) is 0 Å². The molecule has 1 aromatic heterocycles. The van der Waals surface area contributed by atoms with Gasteiger partial charge in [-0.05, 0) is 30.6 Å². The lowest BCUT2D eigenvalue weighted by atomic mass is 10.2. The van der Waals surface area contributed by atoms with Crippen molar-refractivity contribution in [1.82, 2.24) is 10.3 Å². The number of carbonyl (C=O) groups is 2. The molecule has 0 aliphatic carbocycles. The van der Waals surface area contributed by atoms with Gasteiger partial charge in [-0.25, -0.2) is 9.59 Å². The Labute approximate surface area is 121 Å². The Balaban J connectivity index is 2.29. The molecule has 6 nitrogen and oxygen atoms in total. The summed E-state index contributed by atoms with van der Waals surface area (Å²) in [6.07, 6.45) is 3.69. The number of nitrogens with zero attached hydrogens (tertiary/aromatic N) is 1. The predicted octanol–water partition coefficient (Wildman–Crippen LogP) is 1.56. The molecule has 110 valence electrons. The molecule has 0 spiro atoms. The number of rotatable bonds is 8. The summed E-state index contributed by atoms with van der Waals surface area (Å²) in [5.74, 6) is -0.397. The fourth-order valence-electron chi connectivity index (χ4n) is 1.47. The Morgan fingerprint density at radius 3 is 2.90 bits per heavy atom. The molecule has 0 unspecified atom stereocenters. The first kappa shape index (κ1) is 16.3. The second-order valence-corrected chi connectivity index (χ2v) is 5.01. The van der Waals surface area contributed by atoms with E-state index in [0.717, 1.165) is 5.69 Å². The maximum absolute atomic E-state index is 11.5. The van der Waals surface area contributed by atoms with Crippen LogP contribution in [-0.4, -0.2) is 46.8 Å². The summed E-state index contributed by atoms with van der Waals surface area (Å²) >= 11 is 1.53. The number of carboxylic acids is 1. The second-order valence-electron chi connectivity index (χ2n) is 4.02. The van der Waals surface area contributed by atoms with Crippen LogP contribution in [-0.2, 0) is 16.0 Å². The van der Waals surface area contributed by atoms with Crippen molar-refractivity contribution >= 4 is 23.8 Å². The highest BCUT2D eigenvalue weighted by Crippen LogP contribution is 2.02. The molecule has 0 saturated heterocycles. The Hall–Kier alpha value is -1.76. The van der Waals surface area contributed by atoms with Gasteiger partial charge in [0.15, 0.2) is 0 Å². The summed E-state index contributed by atoms with van der Waals surface area (Å²) < 4.78 is 4.95. The number of aromatic nitrogens is 1. The Kier molecular flexibility index (Phi) is 7.49. The number of aliphatic carboxylic acids is 1. The standard InChI is InChI=1S/C13H18N2O4S/c1-20-9-6-11(12(16)17)15-13(18)19-8-5-10-4-2-3-7-14-10/h2-4,7,11H,5-6,8-9H2,1H3,(H,15,18)(H,16,17)/t11-/m0/s1. The molecule has 1 atom stereocenters. The van der Waals surface area contributed by atoms with Gasteiger partial charge < -0.3 is 15.2 Å². The van der Waals surface area contributed by atoms with E-state index in [1.54, 1.807) is 12.3 Å². The van der Waals surface area contributed by atoms with E-state index >= 15 is 0 Å². The summed E-state index contributed by atoms with van der Waals surface area (Å²) in [5.41, 5.74) is 0.817. The minimum atomic E-state index is -1.05. The summed E-state index contributed by atoms with van der Waals surface area (Å²) in [7, 11) is 0. The van der Waals surface area contributed by atoms with Crippen molar-refractivity contribution in [2.45, 2.75) is 18.9 Å². The van der Waals surface area contributed by atoms with Crippen molar-refractivity contribution in [1.29, 1.82) is 0 Å². The third-order valence-electron chi connectivity index (χ3n) is 2.52. The average Bonchev–Trinajstić information content (AvgIpc) is 2.44. The van der Waals surface area contributed by atoms with Gasteiger partial charge in [0.05, 0.1) is 6.61 Å². The molecular weight excluding hydrogens is 280 g/mol. The van der Waals surface area contributed by atoms with Crippen LogP contribution in [0, 0.1) is 0 Å². The van der Waals surface area contributed by atoms with Crippen molar-refractivity contribution in [2.24, 2.45) is 0 Å². The highest BCUT2D eigenvalue weighted by molar-refractivity contribution is 7.98. The molecule has 0 aliphatic heterocycles. The molecular formula is C13H18N2O4S. The van der Waals surface area contributed by atoms with Crippen molar-refractivity contribution in [3.8, 4) is 0 Å². The first-order chi connectivity index (χ1) is 9.63. The molecule has 1 heterocycles. The fourth-order valence-corrected chi connectivity index (χ4v) is 1.94. The van der Waals surface area contributed by atoms with E-state index in [-0.39, 0.29) is 6.61 Å². The fraction of sp³-hybridized carbons (Fsp3) is 0.462. The molecule has 0 saturated carbocycles. The van der Waals surface area contributed by atoms with E-state index in [1.807, 2.05) is 18.4 Å². The van der Waals surface area contributed by atoms with Crippen LogP contribution in [0.4, 0.5) is 4.79 Å². The molecule has 0 aliphatic rings. The predicted molar refractivity (Wildman–Crippen MR) is 76.8 cm³/mol. The minimum Gasteiger partial charge on any atom is -0.480 e. The van der Waals surface area contributed by atoms with Crippen molar-refractivity contribution in [3.63, 3.8) is 0 Å². The number of hydrogen-bond donors (Lipinski definition) is 2. The number of carboxylic acid groups (broad SMARTS) is 1. The first-order valence-corrected chi connectivity index (χ1v) is 7.58. The SMILES string of the molecule is CSCC[C@H](NC(=O)OCCc1ccccn1)C(=O)O. The van der Waals surface area contributed by atoms with Crippen molar-refractivity contribution in [2.75, 3.05) is 18.6 Å². The first-order valence-electron chi connectivity index (χ1n) is 6.18. The van der Waals surface area contributed by atoms with E-state index in [4.69, 9.17) is 9.84 Å². The lowest BCUT2D eigenvalue weighted by Gasteiger charge is -2.13. The lowest BCUT2D eigenvalue weighted by Crippen LogP contribution is -2.41. The van der Waals surface area contributed by atoms with Crippen molar-refractivity contribution < 1.29 is 19.4 Å². The van der Waals surface area contributed by atoms with Gasteiger partial charge in [0.1, 0.15) is 6.04 Å². The molecule has 0 radical (unpaired) electrons. The van der Waals surface area contributed by atoms with E-state index in [2.05, 4.69) is 10.3 Å². The molecule has 0 fully saturated rings. The van der Waals surface area contributed by atoms with E-state index in [0.29, 0.717) is 18.6 Å². The third-order valence-corrected chi connectivity index (χ3v) is 3.16. The van der Waals surface area contributed by atoms with Crippen molar-refractivity contribution in [3.05, 3.63) is 30.1 Å². The van der Waals surface area contributed by atoms with Gasteiger partial charge >= 0.3 is 12.1 Å². The summed E-state index contributed by atoms with van der Waals surface area (Å²) in [6, 6.07) is 4.58. The summed E-state index contributed by atoms with van der Waals surface area (Å²) in [6.45, 7) is 0.164. The lowest BCUT2D eigenvalue weighted by molar-refractivity contribution is -0.139. The topological polar surface area (TPSA) is 88.5 Å². The highest BCUT2D eigenvalue weighted by atomic mass is 32.2. The minimum absolute atomic E-state index is 0.164. The number of pyridine rings is 1. The van der Waals surface area contributed by atoms with Crippen LogP contribution < -0.4 is 5.32 Å². The van der Waals surface area contributed by atoms with Gasteiger partial charge in [0, 0.05) is 18.3 Å². The monoisotopic (exact) mass is 298 g/mol. The van der Waals surface area contributed by atoms with Crippen LogP contribution in [0.5, 0.6) is 0 Å². The molecule has 0 aromatic carbocycles. The zero-order chi connectivity index (χ0) is 14.8. The number of carbonyl (C=O) groups excluding carboxylic acids is 1. The van der Waals surface area contributed by atoms with Gasteiger partial charge in [-0.3, -0.25) is 4.98 Å². The molecule has 1 rings (SSSR count). The van der Waals surface area contributed by atoms with Gasteiger partial charge in [0.2, 0.25) is 0 Å². The number of alkyl carbamates (subject to hydrolysis) is 1. The van der Waals surface area contributed by atoms with E-state index in [1.165, 1.54) is 11.8 Å². The maximum Gasteiger partial charge on any atom is 0.407 e. The van der Waals surface area contributed by atoms with Crippen LogP contribution >= 0.6 is 11.8 Å². The normalized spacial score (nSPS) is 11.7. The largest absolute Gasteiger partial charge is 0.480 e.